The Bertz CT molecular complexity index is 1800. The zero-order valence-electron chi connectivity index (χ0n) is 24.6. The summed E-state index contributed by atoms with van der Waals surface area (Å²) in [5.74, 6) is -1.38. The van der Waals surface area contributed by atoms with Crippen molar-refractivity contribution in [3.8, 4) is 0 Å². The van der Waals surface area contributed by atoms with Crippen molar-refractivity contribution in [1.29, 1.82) is 0 Å². The van der Waals surface area contributed by atoms with Crippen LogP contribution in [0.5, 0.6) is 0 Å². The van der Waals surface area contributed by atoms with Crippen molar-refractivity contribution in [2.24, 2.45) is 0 Å². The van der Waals surface area contributed by atoms with Crippen molar-refractivity contribution in [3.63, 3.8) is 0 Å². The van der Waals surface area contributed by atoms with Crippen molar-refractivity contribution in [3.05, 3.63) is 116 Å². The molecule has 3 heterocycles. The van der Waals surface area contributed by atoms with Crippen LogP contribution in [0, 0.1) is 5.82 Å². The molecule has 1 aromatic heterocycles. The van der Waals surface area contributed by atoms with E-state index in [9.17, 15) is 23.6 Å². The molecule has 2 aliphatic heterocycles. The zero-order valence-corrected chi connectivity index (χ0v) is 25.4. The third-order valence-corrected chi connectivity index (χ3v) is 8.96. The molecular formula is C35H33ClFN3O5. The van der Waals surface area contributed by atoms with Crippen molar-refractivity contribution < 1.29 is 23.2 Å². The van der Waals surface area contributed by atoms with E-state index < -0.39 is 23.2 Å². The van der Waals surface area contributed by atoms with Crippen LogP contribution in [0.25, 0.3) is 11.0 Å². The third-order valence-electron chi connectivity index (χ3n) is 8.70. The molecular weight excluding hydrogens is 597 g/mol. The van der Waals surface area contributed by atoms with E-state index in [-0.39, 0.29) is 40.9 Å². The largest absolute Gasteiger partial charge is 0.451 e. The molecule has 10 heteroatoms. The average molecular weight is 630 g/mol. The Balaban J connectivity index is 1.18. The summed E-state index contributed by atoms with van der Waals surface area (Å²) < 4.78 is 19.3. The van der Waals surface area contributed by atoms with Crippen LogP contribution in [-0.4, -0.2) is 53.2 Å². The fraction of sp³-hybridized carbons (Fsp3) is 0.314. The SMILES string of the molecule is O=C(N[C@@H](Cc1ccc(Cl)cc1)C(=O)N1CCC(c2ccccc2CN2CCCC2=O)CC1)c1cc(=O)c2cc(F)ccc2o1. The van der Waals surface area contributed by atoms with Gasteiger partial charge >= 0.3 is 0 Å². The zero-order chi connectivity index (χ0) is 31.5. The van der Waals surface area contributed by atoms with E-state index in [1.54, 1.807) is 29.2 Å². The number of hydrogen-bond donors (Lipinski definition) is 1. The van der Waals surface area contributed by atoms with Gasteiger partial charge in [0.15, 0.2) is 11.2 Å². The Kier molecular flexibility index (Phi) is 8.98. The van der Waals surface area contributed by atoms with E-state index in [1.165, 1.54) is 11.6 Å². The summed E-state index contributed by atoms with van der Waals surface area (Å²) >= 11 is 6.07. The summed E-state index contributed by atoms with van der Waals surface area (Å²) in [7, 11) is 0. The fourth-order valence-electron chi connectivity index (χ4n) is 6.31. The minimum absolute atomic E-state index is 0.0248. The molecule has 0 radical (unpaired) electrons. The van der Waals surface area contributed by atoms with Crippen molar-refractivity contribution in [2.45, 2.75) is 50.6 Å². The second kappa shape index (κ2) is 13.2. The highest BCUT2D eigenvalue weighted by Crippen LogP contribution is 2.32. The summed E-state index contributed by atoms with van der Waals surface area (Å²) in [4.78, 5) is 55.8. The van der Waals surface area contributed by atoms with Gasteiger partial charge in [-0.1, -0.05) is 48.0 Å². The van der Waals surface area contributed by atoms with Gasteiger partial charge in [0, 0.05) is 50.1 Å². The molecule has 6 rings (SSSR count). The first kappa shape index (κ1) is 30.5. The third kappa shape index (κ3) is 6.93. The molecule has 0 saturated carbocycles. The molecule has 1 atom stereocenters. The molecule has 2 aliphatic rings. The minimum atomic E-state index is -0.932. The lowest BCUT2D eigenvalue weighted by Crippen LogP contribution is -2.51. The molecule has 1 N–H and O–H groups in total. The quantitative estimate of drug-likeness (QED) is 0.279. The van der Waals surface area contributed by atoms with Crippen LogP contribution in [-0.2, 0) is 22.6 Å². The van der Waals surface area contributed by atoms with Crippen LogP contribution in [0.2, 0.25) is 5.02 Å². The molecule has 0 bridgehead atoms. The first-order valence-electron chi connectivity index (χ1n) is 15.2. The van der Waals surface area contributed by atoms with E-state index in [0.29, 0.717) is 31.1 Å². The van der Waals surface area contributed by atoms with Gasteiger partial charge in [0.25, 0.3) is 5.91 Å². The highest BCUT2D eigenvalue weighted by molar-refractivity contribution is 6.30. The smallest absolute Gasteiger partial charge is 0.287 e. The van der Waals surface area contributed by atoms with E-state index in [2.05, 4.69) is 17.4 Å². The molecule has 4 aromatic rings. The molecule has 232 valence electrons. The standard InChI is InChI=1S/C35H33ClFN3O5/c36-25-9-7-22(8-10-25)18-29(38-34(43)32-20-30(41)28-19-26(37)11-12-31(28)45-32)35(44)39-16-13-23(14-17-39)27-5-2-1-4-24(27)21-40-15-3-6-33(40)42/h1-2,4-5,7-12,19-20,23,29H,3,6,13-18,21H2,(H,38,43)/t29-/m0/s1. The number of rotatable bonds is 8. The van der Waals surface area contributed by atoms with E-state index in [4.69, 9.17) is 16.0 Å². The number of carbonyl (C=O) groups excluding carboxylic acids is 3. The molecule has 3 aromatic carbocycles. The molecule has 8 nitrogen and oxygen atoms in total. The van der Waals surface area contributed by atoms with Gasteiger partial charge in [-0.25, -0.2) is 4.39 Å². The predicted octanol–water partition coefficient (Wildman–Crippen LogP) is 5.46. The molecule has 45 heavy (non-hydrogen) atoms. The van der Waals surface area contributed by atoms with Crippen molar-refractivity contribution >= 4 is 40.3 Å². The van der Waals surface area contributed by atoms with Crippen LogP contribution >= 0.6 is 11.6 Å². The van der Waals surface area contributed by atoms with Crippen LogP contribution in [0.3, 0.4) is 0 Å². The Hall–Kier alpha value is -4.50. The maximum atomic E-state index is 13.9. The highest BCUT2D eigenvalue weighted by Gasteiger charge is 2.32. The number of likely N-dealkylation sites (tertiary alicyclic amines) is 2. The number of nitrogens with one attached hydrogen (secondary N) is 1. The Morgan fingerprint density at radius 2 is 1.73 bits per heavy atom. The van der Waals surface area contributed by atoms with E-state index >= 15 is 0 Å². The van der Waals surface area contributed by atoms with Gasteiger partial charge in [0.05, 0.1) is 5.39 Å². The molecule has 3 amide bonds. The molecule has 2 fully saturated rings. The summed E-state index contributed by atoms with van der Waals surface area (Å²) in [5, 5.41) is 3.36. The first-order chi connectivity index (χ1) is 21.7. The summed E-state index contributed by atoms with van der Waals surface area (Å²) in [6.07, 6.45) is 3.19. The second-order valence-electron chi connectivity index (χ2n) is 11.7. The normalized spacial score (nSPS) is 16.3. The monoisotopic (exact) mass is 629 g/mol. The van der Waals surface area contributed by atoms with Crippen LogP contribution in [0.1, 0.15) is 58.8 Å². The lowest BCUT2D eigenvalue weighted by Gasteiger charge is -2.35. The molecule has 0 spiro atoms. The number of nitrogens with zero attached hydrogens (tertiary/aromatic N) is 2. The maximum absolute atomic E-state index is 13.9. The number of amides is 3. The summed E-state index contributed by atoms with van der Waals surface area (Å²) in [6, 6.07) is 18.8. The lowest BCUT2D eigenvalue weighted by atomic mass is 9.86. The van der Waals surface area contributed by atoms with Crippen LogP contribution < -0.4 is 10.7 Å². The fourth-order valence-corrected chi connectivity index (χ4v) is 6.44. The van der Waals surface area contributed by atoms with Gasteiger partial charge in [-0.05, 0) is 72.2 Å². The number of fused-ring (bicyclic) bond motifs is 1. The van der Waals surface area contributed by atoms with E-state index in [1.807, 2.05) is 17.0 Å². The Morgan fingerprint density at radius 3 is 2.47 bits per heavy atom. The first-order valence-corrected chi connectivity index (χ1v) is 15.6. The maximum Gasteiger partial charge on any atom is 0.287 e. The molecule has 2 saturated heterocycles. The molecule has 0 unspecified atom stereocenters. The topological polar surface area (TPSA) is 99.9 Å². The van der Waals surface area contributed by atoms with E-state index in [0.717, 1.165) is 55.1 Å². The van der Waals surface area contributed by atoms with Gasteiger partial charge in [-0.15, -0.1) is 0 Å². The number of benzene rings is 3. The second-order valence-corrected chi connectivity index (χ2v) is 12.1. The Labute approximate surface area is 264 Å². The summed E-state index contributed by atoms with van der Waals surface area (Å²) in [6.45, 7) is 2.39. The lowest BCUT2D eigenvalue weighted by molar-refractivity contribution is -0.134. The van der Waals surface area contributed by atoms with Crippen molar-refractivity contribution in [1.82, 2.24) is 15.1 Å². The van der Waals surface area contributed by atoms with Gasteiger partial charge in [0.2, 0.25) is 11.8 Å². The Morgan fingerprint density at radius 1 is 0.978 bits per heavy atom. The predicted molar refractivity (Wildman–Crippen MR) is 169 cm³/mol. The van der Waals surface area contributed by atoms with Gasteiger partial charge in [0.1, 0.15) is 17.4 Å². The average Bonchev–Trinajstić information content (AvgIpc) is 3.45. The summed E-state index contributed by atoms with van der Waals surface area (Å²) in [5.41, 5.74) is 2.67. The van der Waals surface area contributed by atoms with Crippen molar-refractivity contribution in [2.75, 3.05) is 19.6 Å². The van der Waals surface area contributed by atoms with Crippen LogP contribution in [0.4, 0.5) is 4.39 Å². The van der Waals surface area contributed by atoms with Gasteiger partial charge < -0.3 is 19.5 Å². The van der Waals surface area contributed by atoms with Gasteiger partial charge in [-0.3, -0.25) is 19.2 Å². The number of halogens is 2. The highest BCUT2D eigenvalue weighted by atomic mass is 35.5. The van der Waals surface area contributed by atoms with Crippen LogP contribution in [0.15, 0.2) is 82.0 Å². The minimum Gasteiger partial charge on any atom is -0.451 e. The molecule has 0 aliphatic carbocycles. The van der Waals surface area contributed by atoms with Gasteiger partial charge in [-0.2, -0.15) is 0 Å². The number of hydrogen-bond acceptors (Lipinski definition) is 5. The number of carbonyl (C=O) groups is 3. The number of piperidine rings is 1.